The average Bonchev–Trinajstić information content (AvgIpc) is 2.89. The standard InChI is InChI=1S/C17H17BrO2S/c1-11(19)15-8-13(18)6-7-16(15)20-9-12-10-21-17-5-3-2-4-14(12)17/h2-8,11-12,19H,9-10H2,1H3/t11-,12?/m1/s1. The van der Waals surface area contributed by atoms with Crippen LogP contribution in [0.1, 0.15) is 30.1 Å². The molecule has 0 fully saturated rings. The molecule has 1 N–H and O–H groups in total. The minimum absolute atomic E-state index is 0.414. The van der Waals surface area contributed by atoms with Crippen LogP contribution in [-0.2, 0) is 0 Å². The van der Waals surface area contributed by atoms with Crippen LogP contribution in [0.4, 0.5) is 0 Å². The van der Waals surface area contributed by atoms with E-state index in [2.05, 4.69) is 40.2 Å². The molecule has 110 valence electrons. The van der Waals surface area contributed by atoms with E-state index in [1.54, 1.807) is 6.92 Å². The van der Waals surface area contributed by atoms with Crippen LogP contribution < -0.4 is 4.74 Å². The SMILES string of the molecule is C[C@@H](O)c1cc(Br)ccc1OCC1CSc2ccccc21. The van der Waals surface area contributed by atoms with Crippen LogP contribution in [0.5, 0.6) is 5.75 Å². The number of benzene rings is 2. The topological polar surface area (TPSA) is 29.5 Å². The third kappa shape index (κ3) is 3.28. The molecule has 21 heavy (non-hydrogen) atoms. The van der Waals surface area contributed by atoms with Crippen LogP contribution >= 0.6 is 27.7 Å². The highest BCUT2D eigenvalue weighted by molar-refractivity contribution is 9.10. The fourth-order valence-corrected chi connectivity index (χ4v) is 4.15. The van der Waals surface area contributed by atoms with Crippen molar-refractivity contribution in [3.63, 3.8) is 0 Å². The molecule has 0 saturated carbocycles. The second kappa shape index (κ2) is 6.42. The number of rotatable bonds is 4. The summed E-state index contributed by atoms with van der Waals surface area (Å²) in [6.45, 7) is 2.40. The fraction of sp³-hybridized carbons (Fsp3) is 0.294. The summed E-state index contributed by atoms with van der Waals surface area (Å²) in [4.78, 5) is 1.36. The van der Waals surface area contributed by atoms with Gasteiger partial charge in [0.25, 0.3) is 0 Å². The summed E-state index contributed by atoms with van der Waals surface area (Å²) < 4.78 is 6.95. The molecule has 2 atom stereocenters. The molecular formula is C17H17BrO2S. The Kier molecular flexibility index (Phi) is 4.57. The largest absolute Gasteiger partial charge is 0.493 e. The van der Waals surface area contributed by atoms with Crippen LogP contribution in [0.3, 0.4) is 0 Å². The molecule has 2 aromatic rings. The monoisotopic (exact) mass is 364 g/mol. The van der Waals surface area contributed by atoms with Gasteiger partial charge in [-0.15, -0.1) is 11.8 Å². The summed E-state index contributed by atoms with van der Waals surface area (Å²) in [7, 11) is 0. The van der Waals surface area contributed by atoms with Crippen molar-refractivity contribution in [2.75, 3.05) is 12.4 Å². The van der Waals surface area contributed by atoms with E-state index in [1.807, 2.05) is 30.0 Å². The van der Waals surface area contributed by atoms with Gasteiger partial charge >= 0.3 is 0 Å². The summed E-state index contributed by atoms with van der Waals surface area (Å²) >= 11 is 5.32. The van der Waals surface area contributed by atoms with Gasteiger partial charge in [-0.3, -0.25) is 0 Å². The van der Waals surface area contributed by atoms with Crippen molar-refractivity contribution >= 4 is 27.7 Å². The normalized spacial score (nSPS) is 18.3. The van der Waals surface area contributed by atoms with Crippen LogP contribution in [0.2, 0.25) is 0 Å². The molecule has 0 amide bonds. The van der Waals surface area contributed by atoms with Gasteiger partial charge in [0.05, 0.1) is 12.7 Å². The number of thioether (sulfide) groups is 1. The lowest BCUT2D eigenvalue weighted by molar-refractivity contribution is 0.190. The molecule has 0 spiro atoms. The van der Waals surface area contributed by atoms with Gasteiger partial charge in [-0.25, -0.2) is 0 Å². The summed E-state index contributed by atoms with van der Waals surface area (Å²) in [6, 6.07) is 14.3. The maximum Gasteiger partial charge on any atom is 0.125 e. The maximum atomic E-state index is 9.87. The molecule has 1 aliphatic rings. The lowest BCUT2D eigenvalue weighted by Gasteiger charge is -2.17. The lowest BCUT2D eigenvalue weighted by atomic mass is 10.0. The molecule has 0 radical (unpaired) electrons. The van der Waals surface area contributed by atoms with Gasteiger partial charge in [-0.2, -0.15) is 0 Å². The van der Waals surface area contributed by atoms with Crippen molar-refractivity contribution in [3.8, 4) is 5.75 Å². The van der Waals surface area contributed by atoms with Crippen LogP contribution in [-0.4, -0.2) is 17.5 Å². The summed E-state index contributed by atoms with van der Waals surface area (Å²) in [5, 5.41) is 9.87. The van der Waals surface area contributed by atoms with Gasteiger partial charge < -0.3 is 9.84 Å². The molecule has 3 rings (SSSR count). The molecule has 0 bridgehead atoms. The Balaban J connectivity index is 1.75. The predicted molar refractivity (Wildman–Crippen MR) is 90.2 cm³/mol. The maximum absolute atomic E-state index is 9.87. The highest BCUT2D eigenvalue weighted by Crippen LogP contribution is 2.40. The highest BCUT2D eigenvalue weighted by Gasteiger charge is 2.23. The van der Waals surface area contributed by atoms with E-state index in [-0.39, 0.29) is 0 Å². The first-order chi connectivity index (χ1) is 10.1. The second-order valence-electron chi connectivity index (χ2n) is 5.21. The molecule has 2 nitrogen and oxygen atoms in total. The third-order valence-corrected chi connectivity index (χ3v) is 5.41. The zero-order valence-electron chi connectivity index (χ0n) is 11.8. The Morgan fingerprint density at radius 3 is 2.95 bits per heavy atom. The van der Waals surface area contributed by atoms with Gasteiger partial charge in [0.1, 0.15) is 5.75 Å². The number of ether oxygens (including phenoxy) is 1. The minimum Gasteiger partial charge on any atom is -0.493 e. The van der Waals surface area contributed by atoms with Crippen molar-refractivity contribution in [2.45, 2.75) is 23.8 Å². The molecule has 0 aliphatic carbocycles. The summed E-state index contributed by atoms with van der Waals surface area (Å²) in [5.41, 5.74) is 2.20. The molecule has 4 heteroatoms. The van der Waals surface area contributed by atoms with Crippen molar-refractivity contribution in [3.05, 3.63) is 58.1 Å². The van der Waals surface area contributed by atoms with E-state index in [1.165, 1.54) is 10.5 Å². The Bertz CT molecular complexity index is 642. The zero-order valence-corrected chi connectivity index (χ0v) is 14.2. The van der Waals surface area contributed by atoms with E-state index < -0.39 is 6.10 Å². The van der Waals surface area contributed by atoms with Crippen LogP contribution in [0.25, 0.3) is 0 Å². The zero-order chi connectivity index (χ0) is 14.8. The van der Waals surface area contributed by atoms with Gasteiger partial charge in [0.2, 0.25) is 0 Å². The van der Waals surface area contributed by atoms with E-state index in [0.717, 1.165) is 21.5 Å². The Morgan fingerprint density at radius 1 is 1.33 bits per heavy atom. The minimum atomic E-state index is -0.539. The second-order valence-corrected chi connectivity index (χ2v) is 7.19. The molecule has 2 aromatic carbocycles. The van der Waals surface area contributed by atoms with Crippen LogP contribution in [0, 0.1) is 0 Å². The van der Waals surface area contributed by atoms with Gasteiger partial charge in [0, 0.05) is 26.6 Å². The molecule has 0 aromatic heterocycles. The highest BCUT2D eigenvalue weighted by atomic mass is 79.9. The number of hydrogen-bond donors (Lipinski definition) is 1. The van der Waals surface area contributed by atoms with E-state index in [0.29, 0.717) is 12.5 Å². The number of hydrogen-bond acceptors (Lipinski definition) is 3. The number of fused-ring (bicyclic) bond motifs is 1. The lowest BCUT2D eigenvalue weighted by Crippen LogP contribution is -2.11. The third-order valence-electron chi connectivity index (χ3n) is 3.66. The average molecular weight is 365 g/mol. The van der Waals surface area contributed by atoms with Crippen LogP contribution in [0.15, 0.2) is 51.8 Å². The predicted octanol–water partition coefficient (Wildman–Crippen LogP) is 4.77. The van der Waals surface area contributed by atoms with Gasteiger partial charge in [-0.1, -0.05) is 34.1 Å². The molecule has 1 aliphatic heterocycles. The smallest absolute Gasteiger partial charge is 0.125 e. The summed E-state index contributed by atoms with van der Waals surface area (Å²) in [6.07, 6.45) is -0.539. The Morgan fingerprint density at radius 2 is 2.14 bits per heavy atom. The summed E-state index contributed by atoms with van der Waals surface area (Å²) in [5.74, 6) is 2.24. The van der Waals surface area contributed by atoms with E-state index in [4.69, 9.17) is 4.74 Å². The van der Waals surface area contributed by atoms with Crippen molar-refractivity contribution in [1.82, 2.24) is 0 Å². The molecule has 1 heterocycles. The first kappa shape index (κ1) is 14.9. The molecule has 1 unspecified atom stereocenters. The number of aliphatic hydroxyl groups excluding tert-OH is 1. The fourth-order valence-electron chi connectivity index (χ4n) is 2.53. The van der Waals surface area contributed by atoms with Crippen molar-refractivity contribution < 1.29 is 9.84 Å². The molecule has 0 saturated heterocycles. The quantitative estimate of drug-likeness (QED) is 0.846. The van der Waals surface area contributed by atoms with Crippen molar-refractivity contribution in [2.24, 2.45) is 0 Å². The van der Waals surface area contributed by atoms with Crippen molar-refractivity contribution in [1.29, 1.82) is 0 Å². The Hall–Kier alpha value is -0.970. The first-order valence-electron chi connectivity index (χ1n) is 6.97. The number of halogens is 1. The van der Waals surface area contributed by atoms with E-state index >= 15 is 0 Å². The molecular weight excluding hydrogens is 348 g/mol. The van der Waals surface area contributed by atoms with E-state index in [9.17, 15) is 5.11 Å². The first-order valence-corrected chi connectivity index (χ1v) is 8.75. The number of aliphatic hydroxyl groups is 1. The van der Waals surface area contributed by atoms with Gasteiger partial charge in [-0.05, 0) is 36.8 Å². The van der Waals surface area contributed by atoms with Gasteiger partial charge in [0.15, 0.2) is 0 Å². The Labute approximate surface area is 137 Å².